The summed E-state index contributed by atoms with van der Waals surface area (Å²) in [7, 11) is 0. The summed E-state index contributed by atoms with van der Waals surface area (Å²) in [5, 5.41) is 3.74. The quantitative estimate of drug-likeness (QED) is 0.722. The number of hydrogen-bond donors (Lipinski definition) is 1. The molecule has 5 rings (SSSR count). The lowest BCUT2D eigenvalue weighted by Crippen LogP contribution is -2.49. The van der Waals surface area contributed by atoms with Crippen LogP contribution in [0.3, 0.4) is 0 Å². The number of carbonyl (C=O) groups is 1. The molecule has 0 radical (unpaired) electrons. The van der Waals surface area contributed by atoms with Gasteiger partial charge in [-0.1, -0.05) is 12.1 Å². The van der Waals surface area contributed by atoms with Gasteiger partial charge >= 0.3 is 6.18 Å². The maximum absolute atomic E-state index is 14.1. The van der Waals surface area contributed by atoms with Crippen molar-refractivity contribution in [1.82, 2.24) is 15.2 Å². The first-order chi connectivity index (χ1) is 16.3. The molecule has 0 bridgehead atoms. The van der Waals surface area contributed by atoms with Gasteiger partial charge in [-0.05, 0) is 73.9 Å². The van der Waals surface area contributed by atoms with Gasteiger partial charge in [0.15, 0.2) is 0 Å². The standard InChI is InChI=1S/C26H30F3N3O2/c27-26(28,29)20-5-4-18-7-12-32(17-19(18)15-20)24(33)25(23-3-1-2-11-30-23)10-6-22(16-25)31-21-8-13-34-14-9-21/h1-5,11,15,21-22,31H,6-10,12-14,16-17H2/t22-,25+/m1/s1. The highest BCUT2D eigenvalue weighted by atomic mass is 19.4. The molecule has 2 aliphatic heterocycles. The highest BCUT2D eigenvalue weighted by Gasteiger charge is 2.50. The molecular weight excluding hydrogens is 443 g/mol. The summed E-state index contributed by atoms with van der Waals surface area (Å²) < 4.78 is 45.3. The number of alkyl halides is 3. The summed E-state index contributed by atoms with van der Waals surface area (Å²) >= 11 is 0. The number of aromatic nitrogens is 1. The van der Waals surface area contributed by atoms with Gasteiger partial charge in [0.25, 0.3) is 0 Å². The summed E-state index contributed by atoms with van der Waals surface area (Å²) in [4.78, 5) is 20.4. The van der Waals surface area contributed by atoms with E-state index in [1.54, 1.807) is 17.2 Å². The predicted octanol–water partition coefficient (Wildman–Crippen LogP) is 4.24. The van der Waals surface area contributed by atoms with Crippen LogP contribution in [0, 0.1) is 0 Å². The SMILES string of the molecule is O=C(N1CCc2ccc(C(F)(F)F)cc2C1)[C@@]1(c2ccccn2)CC[C@@H](NC2CCOCC2)C1. The minimum atomic E-state index is -4.40. The number of halogens is 3. The van der Waals surface area contributed by atoms with E-state index >= 15 is 0 Å². The second-order valence-corrected chi connectivity index (χ2v) is 9.75. The van der Waals surface area contributed by atoms with Crippen LogP contribution >= 0.6 is 0 Å². The fourth-order valence-electron chi connectivity index (χ4n) is 5.78. The van der Waals surface area contributed by atoms with Crippen LogP contribution in [0.25, 0.3) is 0 Å². The lowest BCUT2D eigenvalue weighted by atomic mass is 9.79. The van der Waals surface area contributed by atoms with Gasteiger partial charge in [-0.25, -0.2) is 0 Å². The third kappa shape index (κ3) is 4.58. The van der Waals surface area contributed by atoms with Crippen LogP contribution in [0.4, 0.5) is 13.2 Å². The third-order valence-corrected chi connectivity index (χ3v) is 7.60. The van der Waals surface area contributed by atoms with Crippen molar-refractivity contribution in [3.05, 3.63) is 65.0 Å². The molecule has 2 atom stereocenters. The second kappa shape index (κ2) is 9.30. The van der Waals surface area contributed by atoms with Crippen molar-refractivity contribution in [3.63, 3.8) is 0 Å². The first-order valence-corrected chi connectivity index (χ1v) is 12.1. The van der Waals surface area contributed by atoms with Crippen molar-refractivity contribution in [2.45, 2.75) is 68.7 Å². The Balaban J connectivity index is 1.39. The van der Waals surface area contributed by atoms with Gasteiger partial charge in [-0.2, -0.15) is 13.2 Å². The van der Waals surface area contributed by atoms with Crippen molar-refractivity contribution in [3.8, 4) is 0 Å². The van der Waals surface area contributed by atoms with Crippen molar-refractivity contribution in [1.29, 1.82) is 0 Å². The Kier molecular flexibility index (Phi) is 6.37. The van der Waals surface area contributed by atoms with E-state index in [2.05, 4.69) is 10.3 Å². The average Bonchev–Trinajstić information content (AvgIpc) is 3.28. The number of carbonyl (C=O) groups excluding carboxylic acids is 1. The zero-order chi connectivity index (χ0) is 23.8. The summed E-state index contributed by atoms with van der Waals surface area (Å²) in [6.45, 7) is 2.21. The fraction of sp³-hybridized carbons (Fsp3) is 0.538. The largest absolute Gasteiger partial charge is 0.416 e. The Hall–Kier alpha value is -2.45. The van der Waals surface area contributed by atoms with E-state index in [1.165, 1.54) is 6.07 Å². The molecule has 1 aromatic heterocycles. The average molecular weight is 474 g/mol. The minimum absolute atomic E-state index is 0.0226. The number of pyridine rings is 1. The van der Waals surface area contributed by atoms with E-state index in [4.69, 9.17) is 4.74 Å². The lowest BCUT2D eigenvalue weighted by molar-refractivity contribution is -0.138. The van der Waals surface area contributed by atoms with E-state index in [0.717, 1.165) is 49.8 Å². The molecule has 2 aromatic rings. The van der Waals surface area contributed by atoms with Gasteiger partial charge in [0, 0.05) is 44.6 Å². The molecule has 34 heavy (non-hydrogen) atoms. The van der Waals surface area contributed by atoms with Crippen LogP contribution < -0.4 is 5.32 Å². The van der Waals surface area contributed by atoms with Crippen LogP contribution in [0.1, 0.15) is 54.5 Å². The molecular formula is C26H30F3N3O2. The summed E-state index contributed by atoms with van der Waals surface area (Å²) in [6.07, 6.45) is 1.98. The molecule has 182 valence electrons. The van der Waals surface area contributed by atoms with Crippen LogP contribution in [-0.2, 0) is 34.1 Å². The molecule has 2 fully saturated rings. The maximum atomic E-state index is 14.1. The Labute approximate surface area is 197 Å². The number of ether oxygens (including phenoxy) is 1. The number of rotatable bonds is 4. The molecule has 1 amide bonds. The maximum Gasteiger partial charge on any atom is 0.416 e. The molecule has 1 saturated carbocycles. The Morgan fingerprint density at radius 2 is 1.91 bits per heavy atom. The van der Waals surface area contributed by atoms with Crippen LogP contribution in [0.2, 0.25) is 0 Å². The number of amides is 1. The lowest BCUT2D eigenvalue weighted by Gasteiger charge is -2.37. The zero-order valence-corrected chi connectivity index (χ0v) is 19.1. The second-order valence-electron chi connectivity index (χ2n) is 9.75. The van der Waals surface area contributed by atoms with Gasteiger partial charge in [0.2, 0.25) is 5.91 Å². The van der Waals surface area contributed by atoms with Gasteiger partial charge in [-0.15, -0.1) is 0 Å². The van der Waals surface area contributed by atoms with Gasteiger partial charge in [-0.3, -0.25) is 9.78 Å². The van der Waals surface area contributed by atoms with Crippen molar-refractivity contribution in [2.24, 2.45) is 0 Å². The molecule has 0 unspecified atom stereocenters. The van der Waals surface area contributed by atoms with Gasteiger partial charge in [0.05, 0.1) is 16.7 Å². The molecule has 3 aliphatic rings. The monoisotopic (exact) mass is 473 g/mol. The summed E-state index contributed by atoms with van der Waals surface area (Å²) in [6, 6.07) is 10.1. The summed E-state index contributed by atoms with van der Waals surface area (Å²) in [5.74, 6) is -0.0226. The number of nitrogens with zero attached hydrogens (tertiary/aromatic N) is 2. The predicted molar refractivity (Wildman–Crippen MR) is 121 cm³/mol. The fourth-order valence-corrected chi connectivity index (χ4v) is 5.78. The molecule has 5 nitrogen and oxygen atoms in total. The molecule has 8 heteroatoms. The van der Waals surface area contributed by atoms with E-state index in [-0.39, 0.29) is 18.5 Å². The Morgan fingerprint density at radius 3 is 2.65 bits per heavy atom. The normalized spacial score (nSPS) is 25.9. The first kappa shape index (κ1) is 23.3. The number of fused-ring (bicyclic) bond motifs is 1. The van der Waals surface area contributed by atoms with Crippen LogP contribution in [0.5, 0.6) is 0 Å². The van der Waals surface area contributed by atoms with Crippen molar-refractivity contribution in [2.75, 3.05) is 19.8 Å². The highest BCUT2D eigenvalue weighted by Crippen LogP contribution is 2.43. The molecule has 1 aliphatic carbocycles. The molecule has 0 spiro atoms. The number of benzene rings is 1. The summed E-state index contributed by atoms with van der Waals surface area (Å²) in [5.41, 5.74) is 0.797. The van der Waals surface area contributed by atoms with Gasteiger partial charge < -0.3 is 15.0 Å². The van der Waals surface area contributed by atoms with E-state index in [1.807, 2.05) is 18.2 Å². The van der Waals surface area contributed by atoms with Crippen LogP contribution in [-0.4, -0.2) is 47.6 Å². The van der Waals surface area contributed by atoms with Crippen molar-refractivity contribution >= 4 is 5.91 Å². The zero-order valence-electron chi connectivity index (χ0n) is 19.1. The van der Waals surface area contributed by atoms with E-state index in [0.29, 0.717) is 37.4 Å². The van der Waals surface area contributed by atoms with Crippen LogP contribution in [0.15, 0.2) is 42.6 Å². The molecule has 1 saturated heterocycles. The molecule has 1 N–H and O–H groups in total. The first-order valence-electron chi connectivity index (χ1n) is 12.1. The topological polar surface area (TPSA) is 54.5 Å². The van der Waals surface area contributed by atoms with E-state index < -0.39 is 17.2 Å². The van der Waals surface area contributed by atoms with Crippen molar-refractivity contribution < 1.29 is 22.7 Å². The highest BCUT2D eigenvalue weighted by molar-refractivity contribution is 5.88. The Bertz CT molecular complexity index is 1020. The molecule has 3 heterocycles. The molecule has 1 aromatic carbocycles. The number of nitrogens with one attached hydrogen (secondary N) is 1. The Morgan fingerprint density at radius 1 is 1.09 bits per heavy atom. The van der Waals surface area contributed by atoms with Gasteiger partial charge in [0.1, 0.15) is 0 Å². The smallest absolute Gasteiger partial charge is 0.381 e. The minimum Gasteiger partial charge on any atom is -0.381 e. The number of hydrogen-bond acceptors (Lipinski definition) is 4. The third-order valence-electron chi connectivity index (χ3n) is 7.60. The van der Waals surface area contributed by atoms with E-state index in [9.17, 15) is 18.0 Å².